The minimum atomic E-state index is 0.684. The van der Waals surface area contributed by atoms with Gasteiger partial charge in [-0.15, -0.1) is 0 Å². The van der Waals surface area contributed by atoms with Gasteiger partial charge in [0.2, 0.25) is 0 Å². The molecule has 0 aliphatic rings. The van der Waals surface area contributed by atoms with Crippen molar-refractivity contribution >= 4 is 5.69 Å². The van der Waals surface area contributed by atoms with Gasteiger partial charge in [0.1, 0.15) is 0 Å². The lowest BCUT2D eigenvalue weighted by atomic mass is 10.2. The summed E-state index contributed by atoms with van der Waals surface area (Å²) in [6.07, 6.45) is 3.60. The second kappa shape index (κ2) is 2.87. The van der Waals surface area contributed by atoms with Crippen LogP contribution in [0.2, 0.25) is 0 Å². The van der Waals surface area contributed by atoms with Crippen LogP contribution < -0.4 is 5.73 Å². The van der Waals surface area contributed by atoms with Crippen molar-refractivity contribution in [2.75, 3.05) is 5.73 Å². The maximum atomic E-state index is 5.83. The third-order valence-corrected chi connectivity index (χ3v) is 2.24. The zero-order chi connectivity index (χ0) is 10.3. The molecule has 0 spiro atoms. The molecule has 2 N–H and O–H groups in total. The highest BCUT2D eigenvalue weighted by Crippen LogP contribution is 2.26. The summed E-state index contributed by atoms with van der Waals surface area (Å²) in [5, 5.41) is 8.37. The van der Waals surface area contributed by atoms with Crippen LogP contribution in [-0.4, -0.2) is 19.6 Å². The average molecular weight is 191 g/mol. The standard InChI is InChI=1S/C9H13N5/c1-6-7(5-13(2)12-6)9-8(10)4-11-14(9)3/h4-5H,10H2,1-3H3. The van der Waals surface area contributed by atoms with E-state index in [4.69, 9.17) is 5.73 Å². The first kappa shape index (κ1) is 8.80. The van der Waals surface area contributed by atoms with E-state index in [0.717, 1.165) is 17.0 Å². The van der Waals surface area contributed by atoms with Gasteiger partial charge < -0.3 is 5.73 Å². The summed E-state index contributed by atoms with van der Waals surface area (Å²) >= 11 is 0. The van der Waals surface area contributed by atoms with Crippen LogP contribution in [0.3, 0.4) is 0 Å². The first-order valence-electron chi connectivity index (χ1n) is 4.37. The molecule has 0 aliphatic carbocycles. The van der Waals surface area contributed by atoms with Crippen molar-refractivity contribution in [3.63, 3.8) is 0 Å². The summed E-state index contributed by atoms with van der Waals surface area (Å²) in [4.78, 5) is 0. The number of rotatable bonds is 1. The second-order valence-electron chi connectivity index (χ2n) is 3.37. The summed E-state index contributed by atoms with van der Waals surface area (Å²) < 4.78 is 3.54. The third-order valence-electron chi connectivity index (χ3n) is 2.24. The van der Waals surface area contributed by atoms with E-state index in [1.54, 1.807) is 15.6 Å². The normalized spacial score (nSPS) is 10.8. The fourth-order valence-corrected chi connectivity index (χ4v) is 1.62. The number of aryl methyl sites for hydroxylation is 3. The van der Waals surface area contributed by atoms with Crippen molar-refractivity contribution in [3.05, 3.63) is 18.1 Å². The highest BCUT2D eigenvalue weighted by molar-refractivity contribution is 5.73. The summed E-state index contributed by atoms with van der Waals surface area (Å²) in [6, 6.07) is 0. The molecule has 0 fully saturated rings. The number of nitrogens with zero attached hydrogens (tertiary/aromatic N) is 4. The Hall–Kier alpha value is -1.78. The highest BCUT2D eigenvalue weighted by atomic mass is 15.3. The Labute approximate surface area is 82.1 Å². The molecule has 2 aromatic rings. The van der Waals surface area contributed by atoms with Crippen LogP contribution in [0.25, 0.3) is 11.3 Å². The molecule has 0 unspecified atom stereocenters. The van der Waals surface area contributed by atoms with Crippen molar-refractivity contribution in [1.29, 1.82) is 0 Å². The average Bonchev–Trinajstić information content (AvgIpc) is 2.57. The van der Waals surface area contributed by atoms with Crippen LogP contribution in [-0.2, 0) is 14.1 Å². The van der Waals surface area contributed by atoms with Gasteiger partial charge in [0.15, 0.2) is 0 Å². The Balaban J connectivity index is 2.65. The molecule has 0 aromatic carbocycles. The SMILES string of the molecule is Cc1nn(C)cc1-c1c(N)cnn1C. The lowest BCUT2D eigenvalue weighted by Crippen LogP contribution is -1.96. The third kappa shape index (κ3) is 1.17. The summed E-state index contributed by atoms with van der Waals surface area (Å²) in [5.41, 5.74) is 9.43. The van der Waals surface area contributed by atoms with Crippen molar-refractivity contribution < 1.29 is 0 Å². The molecular formula is C9H13N5. The minimum absolute atomic E-state index is 0.684. The zero-order valence-corrected chi connectivity index (χ0v) is 8.52. The van der Waals surface area contributed by atoms with Gasteiger partial charge in [-0.25, -0.2) is 0 Å². The van der Waals surface area contributed by atoms with Crippen molar-refractivity contribution in [3.8, 4) is 11.3 Å². The molecule has 2 heterocycles. The molecule has 2 aromatic heterocycles. The van der Waals surface area contributed by atoms with E-state index in [0.29, 0.717) is 5.69 Å². The summed E-state index contributed by atoms with van der Waals surface area (Å²) in [7, 11) is 3.77. The van der Waals surface area contributed by atoms with Gasteiger partial charge in [-0.05, 0) is 6.92 Å². The smallest absolute Gasteiger partial charge is 0.0942 e. The molecule has 74 valence electrons. The van der Waals surface area contributed by atoms with Crippen LogP contribution >= 0.6 is 0 Å². The zero-order valence-electron chi connectivity index (χ0n) is 8.52. The van der Waals surface area contributed by atoms with E-state index in [-0.39, 0.29) is 0 Å². The summed E-state index contributed by atoms with van der Waals surface area (Å²) in [5.74, 6) is 0. The Morgan fingerprint density at radius 3 is 2.50 bits per heavy atom. The van der Waals surface area contributed by atoms with E-state index in [2.05, 4.69) is 10.2 Å². The van der Waals surface area contributed by atoms with Gasteiger partial charge in [-0.1, -0.05) is 0 Å². The molecule has 14 heavy (non-hydrogen) atoms. The predicted molar refractivity (Wildman–Crippen MR) is 54.6 cm³/mol. The Morgan fingerprint density at radius 1 is 1.36 bits per heavy atom. The van der Waals surface area contributed by atoms with Gasteiger partial charge in [-0.2, -0.15) is 10.2 Å². The van der Waals surface area contributed by atoms with Crippen LogP contribution in [0.1, 0.15) is 5.69 Å². The molecule has 5 nitrogen and oxygen atoms in total. The molecule has 0 bridgehead atoms. The van der Waals surface area contributed by atoms with Crippen molar-refractivity contribution in [1.82, 2.24) is 19.6 Å². The molecular weight excluding hydrogens is 178 g/mol. The topological polar surface area (TPSA) is 61.7 Å². The monoisotopic (exact) mass is 191 g/mol. The highest BCUT2D eigenvalue weighted by Gasteiger charge is 2.13. The van der Waals surface area contributed by atoms with Gasteiger partial charge in [0.05, 0.1) is 23.3 Å². The molecule has 2 rings (SSSR count). The van der Waals surface area contributed by atoms with Crippen LogP contribution in [0.4, 0.5) is 5.69 Å². The number of aromatic nitrogens is 4. The number of hydrogen-bond acceptors (Lipinski definition) is 3. The van der Waals surface area contributed by atoms with Crippen LogP contribution in [0.15, 0.2) is 12.4 Å². The maximum absolute atomic E-state index is 5.83. The molecule has 0 saturated carbocycles. The molecule has 0 amide bonds. The first-order chi connectivity index (χ1) is 6.59. The Morgan fingerprint density at radius 2 is 2.07 bits per heavy atom. The molecule has 5 heteroatoms. The van der Waals surface area contributed by atoms with Crippen LogP contribution in [0, 0.1) is 6.92 Å². The van der Waals surface area contributed by atoms with Crippen molar-refractivity contribution in [2.45, 2.75) is 6.92 Å². The fourth-order valence-electron chi connectivity index (χ4n) is 1.62. The largest absolute Gasteiger partial charge is 0.396 e. The maximum Gasteiger partial charge on any atom is 0.0942 e. The lowest BCUT2D eigenvalue weighted by Gasteiger charge is -2.00. The number of anilines is 1. The quantitative estimate of drug-likeness (QED) is 0.722. The number of hydrogen-bond donors (Lipinski definition) is 1. The van der Waals surface area contributed by atoms with Crippen LogP contribution in [0.5, 0.6) is 0 Å². The molecule has 0 saturated heterocycles. The predicted octanol–water partition coefficient (Wildman–Crippen LogP) is 0.711. The Bertz CT molecular complexity index is 446. The fraction of sp³-hybridized carbons (Fsp3) is 0.333. The van der Waals surface area contributed by atoms with E-state index < -0.39 is 0 Å². The van der Waals surface area contributed by atoms with E-state index in [9.17, 15) is 0 Å². The second-order valence-corrected chi connectivity index (χ2v) is 3.37. The number of nitrogens with two attached hydrogens (primary N) is 1. The lowest BCUT2D eigenvalue weighted by molar-refractivity contribution is 0.756. The minimum Gasteiger partial charge on any atom is -0.396 e. The van der Waals surface area contributed by atoms with Gasteiger partial charge in [0, 0.05) is 25.9 Å². The number of nitrogen functional groups attached to an aromatic ring is 1. The Kier molecular flexibility index (Phi) is 1.80. The molecule has 0 radical (unpaired) electrons. The molecule has 0 aliphatic heterocycles. The van der Waals surface area contributed by atoms with Crippen molar-refractivity contribution in [2.24, 2.45) is 14.1 Å². The van der Waals surface area contributed by atoms with Gasteiger partial charge in [-0.3, -0.25) is 9.36 Å². The van der Waals surface area contributed by atoms with Gasteiger partial charge >= 0.3 is 0 Å². The van der Waals surface area contributed by atoms with E-state index in [1.807, 2.05) is 27.2 Å². The van der Waals surface area contributed by atoms with E-state index in [1.165, 1.54) is 0 Å². The van der Waals surface area contributed by atoms with E-state index >= 15 is 0 Å². The molecule has 0 atom stereocenters. The first-order valence-corrected chi connectivity index (χ1v) is 4.37. The summed E-state index contributed by atoms with van der Waals surface area (Å²) in [6.45, 7) is 1.96. The van der Waals surface area contributed by atoms with Gasteiger partial charge in [0.25, 0.3) is 0 Å².